The predicted molar refractivity (Wildman–Crippen MR) is 131 cm³/mol. The lowest BCUT2D eigenvalue weighted by Gasteiger charge is -2.36. The number of hydrogen-bond acceptors (Lipinski definition) is 3. The molecule has 0 bridgehead atoms. The van der Waals surface area contributed by atoms with Gasteiger partial charge in [-0.1, -0.05) is 12.1 Å². The summed E-state index contributed by atoms with van der Waals surface area (Å²) in [6.07, 6.45) is 4.41. The number of aromatic nitrogens is 2. The van der Waals surface area contributed by atoms with Gasteiger partial charge in [-0.05, 0) is 68.8 Å². The van der Waals surface area contributed by atoms with Gasteiger partial charge in [0.2, 0.25) is 0 Å². The minimum atomic E-state index is 0.00280. The summed E-state index contributed by atoms with van der Waals surface area (Å²) in [5.74, 6) is 0. The van der Waals surface area contributed by atoms with Gasteiger partial charge >= 0.3 is 0 Å². The third kappa shape index (κ3) is 3.53. The van der Waals surface area contributed by atoms with Crippen molar-refractivity contribution in [3.05, 3.63) is 82.9 Å². The highest BCUT2D eigenvalue weighted by atomic mass is 16.5. The zero-order valence-corrected chi connectivity index (χ0v) is 19.1. The van der Waals surface area contributed by atoms with Crippen LogP contribution in [0, 0.1) is 6.92 Å². The van der Waals surface area contributed by atoms with Crippen molar-refractivity contribution < 1.29 is 4.74 Å². The quantitative estimate of drug-likeness (QED) is 0.466. The maximum absolute atomic E-state index is 13.5. The van der Waals surface area contributed by atoms with Crippen LogP contribution in [0.2, 0.25) is 0 Å². The molecule has 0 radical (unpaired) electrons. The van der Waals surface area contributed by atoms with E-state index in [4.69, 9.17) is 4.74 Å². The molecular weight excluding hydrogens is 398 g/mol. The van der Waals surface area contributed by atoms with Crippen LogP contribution in [0.3, 0.4) is 0 Å². The fraction of sp³-hybridized carbons (Fsp3) is 0.296. The molecule has 1 saturated heterocycles. The van der Waals surface area contributed by atoms with Crippen molar-refractivity contribution in [2.45, 2.75) is 33.0 Å². The largest absolute Gasteiger partial charge is 0.372 e. The lowest BCUT2D eigenvalue weighted by molar-refractivity contribution is -0.00521. The van der Waals surface area contributed by atoms with Crippen molar-refractivity contribution in [1.29, 1.82) is 0 Å². The zero-order chi connectivity index (χ0) is 22.4. The summed E-state index contributed by atoms with van der Waals surface area (Å²) in [6.45, 7) is 8.05. The second-order valence-electron chi connectivity index (χ2n) is 8.90. The van der Waals surface area contributed by atoms with E-state index in [1.807, 2.05) is 49.8 Å². The van der Waals surface area contributed by atoms with Crippen LogP contribution < -0.4 is 10.5 Å². The smallest absolute Gasteiger partial charge is 0.262 e. The Labute approximate surface area is 188 Å². The van der Waals surface area contributed by atoms with Gasteiger partial charge in [-0.25, -0.2) is 0 Å². The normalized spacial score (nSPS) is 18.9. The molecule has 2 atom stereocenters. The number of aryl methyl sites for hydroxylation is 2. The van der Waals surface area contributed by atoms with Gasteiger partial charge in [-0.2, -0.15) is 0 Å². The molecule has 0 spiro atoms. The Morgan fingerprint density at radius 1 is 0.906 bits per heavy atom. The fourth-order valence-corrected chi connectivity index (χ4v) is 4.96. The molecule has 1 fully saturated rings. The number of nitrogens with zero attached hydrogens (tertiary/aromatic N) is 3. The van der Waals surface area contributed by atoms with Crippen LogP contribution in [0.1, 0.15) is 19.4 Å². The van der Waals surface area contributed by atoms with Gasteiger partial charge in [0, 0.05) is 65.9 Å². The van der Waals surface area contributed by atoms with Gasteiger partial charge in [0.1, 0.15) is 0 Å². The number of anilines is 1. The molecule has 2 aromatic heterocycles. The highest BCUT2D eigenvalue weighted by Crippen LogP contribution is 2.30. The van der Waals surface area contributed by atoms with Gasteiger partial charge < -0.3 is 14.2 Å². The molecule has 5 nitrogen and oxygen atoms in total. The number of hydrogen-bond donors (Lipinski definition) is 0. The van der Waals surface area contributed by atoms with E-state index < -0.39 is 0 Å². The summed E-state index contributed by atoms with van der Waals surface area (Å²) < 4.78 is 9.71. The molecule has 5 heteroatoms. The summed E-state index contributed by atoms with van der Waals surface area (Å²) in [5, 5.41) is 1.76. The van der Waals surface area contributed by atoms with Crippen molar-refractivity contribution in [1.82, 2.24) is 9.13 Å². The molecule has 2 unspecified atom stereocenters. The number of rotatable bonds is 3. The molecule has 0 aliphatic carbocycles. The minimum absolute atomic E-state index is 0.00280. The number of benzene rings is 2. The van der Waals surface area contributed by atoms with Crippen molar-refractivity contribution in [3.8, 4) is 16.9 Å². The maximum atomic E-state index is 13.5. The zero-order valence-electron chi connectivity index (χ0n) is 19.1. The SMILES string of the molecule is Cc1cn(-c2ccc(N3CC(C)OC(C)C3)cc2)c(=O)c2cccc(-c3cccn3C)c12. The lowest BCUT2D eigenvalue weighted by atomic mass is 9.99. The van der Waals surface area contributed by atoms with Gasteiger partial charge in [-0.15, -0.1) is 0 Å². The monoisotopic (exact) mass is 427 g/mol. The van der Waals surface area contributed by atoms with Crippen LogP contribution in [0.25, 0.3) is 27.7 Å². The summed E-state index contributed by atoms with van der Waals surface area (Å²) in [5.41, 5.74) is 5.31. The Kier molecular flexibility index (Phi) is 5.14. The van der Waals surface area contributed by atoms with E-state index in [9.17, 15) is 4.79 Å². The van der Waals surface area contributed by atoms with Crippen molar-refractivity contribution in [2.24, 2.45) is 7.05 Å². The number of morpholine rings is 1. The summed E-state index contributed by atoms with van der Waals surface area (Å²) >= 11 is 0. The van der Waals surface area contributed by atoms with Crippen LogP contribution in [-0.2, 0) is 11.8 Å². The number of ether oxygens (including phenoxy) is 1. The van der Waals surface area contributed by atoms with Gasteiger partial charge in [0.05, 0.1) is 12.2 Å². The molecule has 1 aliphatic heterocycles. The van der Waals surface area contributed by atoms with E-state index in [0.29, 0.717) is 0 Å². The average Bonchev–Trinajstić information content (AvgIpc) is 3.21. The van der Waals surface area contributed by atoms with E-state index in [1.54, 1.807) is 4.57 Å². The Morgan fingerprint density at radius 2 is 1.59 bits per heavy atom. The standard InChI is InChI=1S/C27H29N3O2/c1-18-15-30(22-12-10-21(11-13-22)29-16-19(2)32-20(3)17-29)27(31)24-8-5-7-23(26(18)24)25-9-6-14-28(25)4/h5-15,19-20H,16-17H2,1-4H3. The topological polar surface area (TPSA) is 39.4 Å². The Bertz CT molecular complexity index is 1320. The highest BCUT2D eigenvalue weighted by molar-refractivity contribution is 5.97. The van der Waals surface area contributed by atoms with E-state index >= 15 is 0 Å². The van der Waals surface area contributed by atoms with Crippen molar-refractivity contribution in [2.75, 3.05) is 18.0 Å². The van der Waals surface area contributed by atoms with Crippen molar-refractivity contribution in [3.63, 3.8) is 0 Å². The summed E-state index contributed by atoms with van der Waals surface area (Å²) in [4.78, 5) is 15.8. The van der Waals surface area contributed by atoms with Crippen molar-refractivity contribution >= 4 is 16.5 Å². The van der Waals surface area contributed by atoms with Crippen LogP contribution in [0.5, 0.6) is 0 Å². The predicted octanol–water partition coefficient (Wildman–Crippen LogP) is 4.92. The second kappa shape index (κ2) is 7.99. The van der Waals surface area contributed by atoms with Gasteiger partial charge in [0.25, 0.3) is 5.56 Å². The summed E-state index contributed by atoms with van der Waals surface area (Å²) in [6, 6.07) is 18.4. The molecule has 4 aromatic rings. The van der Waals surface area contributed by atoms with Crippen LogP contribution in [0.15, 0.2) is 71.8 Å². The average molecular weight is 428 g/mol. The van der Waals surface area contributed by atoms with Crippen LogP contribution in [-0.4, -0.2) is 34.4 Å². The summed E-state index contributed by atoms with van der Waals surface area (Å²) in [7, 11) is 2.03. The molecular formula is C27H29N3O2. The first-order chi connectivity index (χ1) is 15.4. The van der Waals surface area contributed by atoms with E-state index in [2.05, 4.69) is 54.5 Å². The lowest BCUT2D eigenvalue weighted by Crippen LogP contribution is -2.45. The first-order valence-corrected chi connectivity index (χ1v) is 11.2. The van der Waals surface area contributed by atoms with E-state index in [-0.39, 0.29) is 17.8 Å². The number of fused-ring (bicyclic) bond motifs is 1. The van der Waals surface area contributed by atoms with E-state index in [0.717, 1.165) is 52.1 Å². The molecule has 2 aromatic carbocycles. The Balaban J connectivity index is 1.56. The molecule has 32 heavy (non-hydrogen) atoms. The molecule has 0 saturated carbocycles. The second-order valence-corrected chi connectivity index (χ2v) is 8.90. The Hall–Kier alpha value is -3.31. The third-order valence-electron chi connectivity index (χ3n) is 6.36. The first kappa shape index (κ1) is 20.6. The molecule has 1 aliphatic rings. The highest BCUT2D eigenvalue weighted by Gasteiger charge is 2.22. The van der Waals surface area contributed by atoms with Gasteiger partial charge in [0.15, 0.2) is 0 Å². The number of pyridine rings is 1. The third-order valence-corrected chi connectivity index (χ3v) is 6.36. The molecule has 0 amide bonds. The maximum Gasteiger partial charge on any atom is 0.262 e. The van der Waals surface area contributed by atoms with Crippen LogP contribution in [0.4, 0.5) is 5.69 Å². The molecule has 164 valence electrons. The fourth-order valence-electron chi connectivity index (χ4n) is 4.96. The molecule has 5 rings (SSSR count). The minimum Gasteiger partial charge on any atom is -0.372 e. The Morgan fingerprint density at radius 3 is 2.25 bits per heavy atom. The first-order valence-electron chi connectivity index (χ1n) is 11.2. The van der Waals surface area contributed by atoms with Gasteiger partial charge in [-0.3, -0.25) is 9.36 Å². The van der Waals surface area contributed by atoms with Crippen LogP contribution >= 0.6 is 0 Å². The van der Waals surface area contributed by atoms with E-state index in [1.165, 1.54) is 0 Å². The molecule has 3 heterocycles. The molecule has 0 N–H and O–H groups in total.